The van der Waals surface area contributed by atoms with Crippen LogP contribution >= 0.6 is 12.2 Å². The van der Waals surface area contributed by atoms with E-state index in [1.54, 1.807) is 0 Å². The third-order valence-corrected chi connectivity index (χ3v) is 5.03. The molecule has 0 aliphatic carbocycles. The predicted molar refractivity (Wildman–Crippen MR) is 91.4 cm³/mol. The summed E-state index contributed by atoms with van der Waals surface area (Å²) in [6.07, 6.45) is 5.52. The topological polar surface area (TPSA) is 32.5 Å². The Morgan fingerprint density at radius 2 is 1.81 bits per heavy atom. The summed E-state index contributed by atoms with van der Waals surface area (Å²) in [7, 11) is 0. The maximum atomic E-state index is 5.64. The van der Waals surface area contributed by atoms with Gasteiger partial charge in [0.2, 0.25) is 0 Å². The number of likely N-dealkylation sites (tertiary alicyclic amines) is 2. The monoisotopic (exact) mass is 303 g/mol. The Hall–Kier alpha value is -0.970. The smallest absolute Gasteiger partial charge is 0.103 e. The lowest BCUT2D eigenvalue weighted by molar-refractivity contribution is 0.161. The number of nitrogens with two attached hydrogens (primary N) is 1. The lowest BCUT2D eigenvalue weighted by atomic mass is 10.1. The zero-order valence-electron chi connectivity index (χ0n) is 12.6. The van der Waals surface area contributed by atoms with Crippen LogP contribution in [0.15, 0.2) is 24.3 Å². The summed E-state index contributed by atoms with van der Waals surface area (Å²) in [4.78, 5) is 5.77. The molecule has 0 spiro atoms. The largest absolute Gasteiger partial charge is 0.389 e. The number of rotatable bonds is 4. The van der Waals surface area contributed by atoms with Crippen LogP contribution in [0.5, 0.6) is 0 Å². The summed E-state index contributed by atoms with van der Waals surface area (Å²) in [5.74, 6) is 0. The molecule has 0 bridgehead atoms. The molecule has 114 valence electrons. The molecule has 0 amide bonds. The number of benzene rings is 1. The quantitative estimate of drug-likeness (QED) is 0.866. The first-order valence-electron chi connectivity index (χ1n) is 8.07. The third-order valence-electron chi connectivity index (χ3n) is 4.80. The second-order valence-corrected chi connectivity index (χ2v) is 6.78. The zero-order valence-corrected chi connectivity index (χ0v) is 13.4. The molecule has 2 saturated heterocycles. The van der Waals surface area contributed by atoms with Crippen LogP contribution in [0.25, 0.3) is 0 Å². The zero-order chi connectivity index (χ0) is 14.7. The molecule has 1 aromatic carbocycles. The van der Waals surface area contributed by atoms with Gasteiger partial charge in [0.1, 0.15) is 4.99 Å². The molecule has 0 aromatic heterocycles. The molecule has 4 heteroatoms. The van der Waals surface area contributed by atoms with Gasteiger partial charge >= 0.3 is 0 Å². The van der Waals surface area contributed by atoms with Crippen molar-refractivity contribution in [3.05, 3.63) is 35.4 Å². The van der Waals surface area contributed by atoms with Crippen LogP contribution in [0, 0.1) is 0 Å². The summed E-state index contributed by atoms with van der Waals surface area (Å²) in [5, 5.41) is 0. The van der Waals surface area contributed by atoms with Gasteiger partial charge in [-0.2, -0.15) is 0 Å². The minimum Gasteiger partial charge on any atom is -0.389 e. The van der Waals surface area contributed by atoms with Gasteiger partial charge in [-0.25, -0.2) is 0 Å². The fourth-order valence-corrected chi connectivity index (χ4v) is 3.71. The summed E-state index contributed by atoms with van der Waals surface area (Å²) in [5.41, 5.74) is 7.96. The predicted octanol–water partition coefficient (Wildman–Crippen LogP) is 2.38. The number of hydrogen-bond acceptors (Lipinski definition) is 3. The molecule has 3 rings (SSSR count). The van der Waals surface area contributed by atoms with Gasteiger partial charge in [0.05, 0.1) is 0 Å². The summed E-state index contributed by atoms with van der Waals surface area (Å²) in [6.45, 7) is 6.10. The van der Waals surface area contributed by atoms with Crippen molar-refractivity contribution in [3.8, 4) is 0 Å². The summed E-state index contributed by atoms with van der Waals surface area (Å²) >= 11 is 5.00. The fourth-order valence-electron chi connectivity index (χ4n) is 3.57. The summed E-state index contributed by atoms with van der Waals surface area (Å²) in [6, 6.07) is 9.16. The van der Waals surface area contributed by atoms with E-state index in [-0.39, 0.29) is 0 Å². The Labute approximate surface area is 133 Å². The molecule has 1 aromatic rings. The molecule has 0 saturated carbocycles. The van der Waals surface area contributed by atoms with E-state index in [1.165, 1.54) is 57.4 Å². The van der Waals surface area contributed by atoms with E-state index >= 15 is 0 Å². The summed E-state index contributed by atoms with van der Waals surface area (Å²) < 4.78 is 0. The maximum absolute atomic E-state index is 5.64. The van der Waals surface area contributed by atoms with E-state index < -0.39 is 0 Å². The van der Waals surface area contributed by atoms with Gasteiger partial charge in [-0.15, -0.1) is 0 Å². The third kappa shape index (κ3) is 3.82. The van der Waals surface area contributed by atoms with Crippen molar-refractivity contribution < 1.29 is 0 Å². The fraction of sp³-hybridized carbons (Fsp3) is 0.588. The average Bonchev–Trinajstić information content (AvgIpc) is 2.97. The van der Waals surface area contributed by atoms with E-state index in [9.17, 15) is 0 Å². The number of nitrogens with zero attached hydrogens (tertiary/aromatic N) is 2. The van der Waals surface area contributed by atoms with E-state index in [4.69, 9.17) is 18.0 Å². The first-order chi connectivity index (χ1) is 10.2. The van der Waals surface area contributed by atoms with Crippen molar-refractivity contribution in [3.63, 3.8) is 0 Å². The van der Waals surface area contributed by atoms with Crippen molar-refractivity contribution in [1.82, 2.24) is 9.80 Å². The van der Waals surface area contributed by atoms with Crippen LogP contribution in [0.4, 0.5) is 0 Å². The van der Waals surface area contributed by atoms with Gasteiger partial charge in [-0.05, 0) is 37.9 Å². The first-order valence-corrected chi connectivity index (χ1v) is 8.48. The van der Waals surface area contributed by atoms with Gasteiger partial charge in [0, 0.05) is 31.2 Å². The van der Waals surface area contributed by atoms with E-state index in [0.29, 0.717) is 4.99 Å². The van der Waals surface area contributed by atoms with Crippen LogP contribution in [-0.4, -0.2) is 47.0 Å². The van der Waals surface area contributed by atoms with Gasteiger partial charge in [0.15, 0.2) is 0 Å². The van der Waals surface area contributed by atoms with Gasteiger partial charge in [-0.3, -0.25) is 9.80 Å². The second kappa shape index (κ2) is 6.86. The highest BCUT2D eigenvalue weighted by Crippen LogP contribution is 2.21. The molecule has 2 fully saturated rings. The first kappa shape index (κ1) is 14.9. The van der Waals surface area contributed by atoms with Crippen molar-refractivity contribution in [2.75, 3.05) is 26.2 Å². The van der Waals surface area contributed by atoms with Crippen molar-refractivity contribution in [2.24, 2.45) is 5.73 Å². The van der Waals surface area contributed by atoms with Crippen LogP contribution in [0.3, 0.4) is 0 Å². The lowest BCUT2D eigenvalue weighted by Gasteiger charge is -2.32. The highest BCUT2D eigenvalue weighted by Gasteiger charge is 2.28. The molecule has 2 aliphatic heterocycles. The van der Waals surface area contributed by atoms with Gasteiger partial charge in [-0.1, -0.05) is 42.9 Å². The number of piperidine rings is 1. The van der Waals surface area contributed by atoms with Crippen LogP contribution in [0.2, 0.25) is 0 Å². The minimum atomic E-state index is 0.480. The molecule has 1 atom stereocenters. The molecule has 3 nitrogen and oxygen atoms in total. The second-order valence-electron chi connectivity index (χ2n) is 6.34. The number of hydrogen-bond donors (Lipinski definition) is 1. The molecule has 1 unspecified atom stereocenters. The van der Waals surface area contributed by atoms with Crippen molar-refractivity contribution in [2.45, 2.75) is 38.3 Å². The highest BCUT2D eigenvalue weighted by atomic mass is 32.1. The van der Waals surface area contributed by atoms with Crippen molar-refractivity contribution in [1.29, 1.82) is 0 Å². The Morgan fingerprint density at radius 3 is 2.48 bits per heavy atom. The molecule has 2 aliphatic rings. The lowest BCUT2D eigenvalue weighted by Crippen LogP contribution is -2.40. The molecular formula is C17H25N3S. The van der Waals surface area contributed by atoms with Crippen molar-refractivity contribution >= 4 is 17.2 Å². The Kier molecular flexibility index (Phi) is 4.88. The Balaban J connectivity index is 1.53. The van der Waals surface area contributed by atoms with Gasteiger partial charge in [0.25, 0.3) is 0 Å². The molecular weight excluding hydrogens is 278 g/mol. The normalized spacial score (nSPS) is 24.3. The van der Waals surface area contributed by atoms with Crippen LogP contribution < -0.4 is 5.73 Å². The molecule has 21 heavy (non-hydrogen) atoms. The standard InChI is InChI=1S/C17H25N3S/c18-17(21)15-6-4-14(5-7-15)12-19-11-8-16(13-19)20-9-2-1-3-10-20/h4-7,16H,1-3,8-13H2,(H2,18,21). The van der Waals surface area contributed by atoms with Gasteiger partial charge < -0.3 is 5.73 Å². The Bertz CT molecular complexity index is 479. The van der Waals surface area contributed by atoms with E-state index in [1.807, 2.05) is 12.1 Å². The van der Waals surface area contributed by atoms with E-state index in [2.05, 4.69) is 21.9 Å². The molecule has 0 radical (unpaired) electrons. The Morgan fingerprint density at radius 1 is 1.10 bits per heavy atom. The molecule has 2 N–H and O–H groups in total. The highest BCUT2D eigenvalue weighted by molar-refractivity contribution is 7.80. The molecule has 2 heterocycles. The minimum absolute atomic E-state index is 0.480. The number of thiocarbonyl (C=S) groups is 1. The van der Waals surface area contributed by atoms with E-state index in [0.717, 1.165) is 18.2 Å². The SMILES string of the molecule is NC(=S)c1ccc(CN2CCC(N3CCCCC3)C2)cc1. The van der Waals surface area contributed by atoms with Crippen LogP contribution in [0.1, 0.15) is 36.8 Å². The average molecular weight is 303 g/mol. The maximum Gasteiger partial charge on any atom is 0.103 e. The van der Waals surface area contributed by atoms with Crippen LogP contribution in [-0.2, 0) is 6.54 Å².